The Labute approximate surface area is 65.3 Å². The summed E-state index contributed by atoms with van der Waals surface area (Å²) in [6.45, 7) is 10.0. The van der Waals surface area contributed by atoms with Crippen LogP contribution in [0.5, 0.6) is 0 Å². The van der Waals surface area contributed by atoms with Crippen LogP contribution < -0.4 is 0 Å². The number of benzene rings is 1. The molecule has 0 bridgehead atoms. The van der Waals surface area contributed by atoms with Gasteiger partial charge in [0, 0.05) is 0 Å². The standard InChI is InChI=1S/C9H8FN/c1-6-4-8(11-3)5-7(2)9(6)10/h4-5H,1-2H3. The molecule has 1 rings (SSSR count). The lowest BCUT2D eigenvalue weighted by Gasteiger charge is -2.00. The van der Waals surface area contributed by atoms with E-state index in [9.17, 15) is 4.39 Å². The molecule has 0 radical (unpaired) electrons. The van der Waals surface area contributed by atoms with Crippen molar-refractivity contribution in [2.45, 2.75) is 13.8 Å². The summed E-state index contributed by atoms with van der Waals surface area (Å²) in [6, 6.07) is 3.10. The fraction of sp³-hybridized carbons (Fsp3) is 0.222. The summed E-state index contributed by atoms with van der Waals surface area (Å²) in [6.07, 6.45) is 0. The predicted molar refractivity (Wildman–Crippen MR) is 42.1 cm³/mol. The van der Waals surface area contributed by atoms with E-state index in [1.807, 2.05) is 0 Å². The van der Waals surface area contributed by atoms with Crippen molar-refractivity contribution in [2.24, 2.45) is 0 Å². The van der Waals surface area contributed by atoms with Crippen LogP contribution in [0.15, 0.2) is 12.1 Å². The minimum absolute atomic E-state index is 0.211. The minimum atomic E-state index is -0.211. The maximum absolute atomic E-state index is 12.9. The van der Waals surface area contributed by atoms with Crippen molar-refractivity contribution in [3.8, 4) is 0 Å². The van der Waals surface area contributed by atoms with E-state index in [1.54, 1.807) is 26.0 Å². The summed E-state index contributed by atoms with van der Waals surface area (Å²) >= 11 is 0. The fourth-order valence-corrected chi connectivity index (χ4v) is 0.988. The summed E-state index contributed by atoms with van der Waals surface area (Å²) in [5.41, 5.74) is 1.58. The normalized spacial score (nSPS) is 9.27. The van der Waals surface area contributed by atoms with Gasteiger partial charge in [-0.15, -0.1) is 0 Å². The van der Waals surface area contributed by atoms with Crippen LogP contribution >= 0.6 is 0 Å². The molecule has 56 valence electrons. The van der Waals surface area contributed by atoms with E-state index in [0.717, 1.165) is 0 Å². The average molecular weight is 149 g/mol. The largest absolute Gasteiger partial charge is 0.238 e. The van der Waals surface area contributed by atoms with Gasteiger partial charge in [-0.05, 0) is 25.0 Å². The lowest BCUT2D eigenvalue weighted by molar-refractivity contribution is 0.609. The monoisotopic (exact) mass is 149 g/mol. The molecular weight excluding hydrogens is 141 g/mol. The fourth-order valence-electron chi connectivity index (χ4n) is 0.988. The van der Waals surface area contributed by atoms with E-state index in [0.29, 0.717) is 16.8 Å². The lowest BCUT2D eigenvalue weighted by Crippen LogP contribution is -1.85. The Bertz CT molecular complexity index is 300. The molecular formula is C9H8FN. The number of aryl methyl sites for hydroxylation is 2. The van der Waals surface area contributed by atoms with Gasteiger partial charge < -0.3 is 0 Å². The molecule has 0 aromatic heterocycles. The summed E-state index contributed by atoms with van der Waals surface area (Å²) in [7, 11) is 0. The molecule has 0 saturated carbocycles. The lowest BCUT2D eigenvalue weighted by atomic mass is 10.1. The maximum atomic E-state index is 12.9. The van der Waals surface area contributed by atoms with Crippen LogP contribution in [0, 0.1) is 26.2 Å². The number of rotatable bonds is 0. The Morgan fingerprint density at radius 2 is 1.73 bits per heavy atom. The van der Waals surface area contributed by atoms with Crippen LogP contribution in [0.1, 0.15) is 11.1 Å². The van der Waals surface area contributed by atoms with Crippen LogP contribution in [-0.2, 0) is 0 Å². The van der Waals surface area contributed by atoms with E-state index in [2.05, 4.69) is 4.85 Å². The molecule has 2 heteroatoms. The smallest absolute Gasteiger partial charge is 0.187 e. The number of hydrogen-bond acceptors (Lipinski definition) is 0. The molecule has 1 aromatic rings. The quantitative estimate of drug-likeness (QED) is 0.499. The van der Waals surface area contributed by atoms with Crippen LogP contribution in [0.4, 0.5) is 10.1 Å². The van der Waals surface area contributed by atoms with Crippen molar-refractivity contribution in [3.63, 3.8) is 0 Å². The zero-order valence-corrected chi connectivity index (χ0v) is 6.48. The number of nitrogens with zero attached hydrogens (tertiary/aromatic N) is 1. The van der Waals surface area contributed by atoms with Gasteiger partial charge in [0.15, 0.2) is 5.69 Å². The summed E-state index contributed by atoms with van der Waals surface area (Å²) in [5, 5.41) is 0. The van der Waals surface area contributed by atoms with Crippen LogP contribution in [0.3, 0.4) is 0 Å². The molecule has 11 heavy (non-hydrogen) atoms. The third-order valence-corrected chi connectivity index (χ3v) is 1.55. The summed E-state index contributed by atoms with van der Waals surface area (Å²) in [5.74, 6) is -0.211. The number of halogens is 1. The van der Waals surface area contributed by atoms with Gasteiger partial charge in [0.1, 0.15) is 5.82 Å². The van der Waals surface area contributed by atoms with Crippen molar-refractivity contribution in [1.82, 2.24) is 0 Å². The third kappa shape index (κ3) is 1.38. The van der Waals surface area contributed by atoms with Crippen molar-refractivity contribution in [3.05, 3.63) is 40.5 Å². The molecule has 0 aliphatic rings. The summed E-state index contributed by atoms with van der Waals surface area (Å²) < 4.78 is 12.9. The number of hydrogen-bond donors (Lipinski definition) is 0. The van der Waals surface area contributed by atoms with Crippen LogP contribution in [0.2, 0.25) is 0 Å². The zero-order chi connectivity index (χ0) is 8.43. The molecule has 0 unspecified atom stereocenters. The van der Waals surface area contributed by atoms with Gasteiger partial charge in [-0.25, -0.2) is 9.24 Å². The average Bonchev–Trinajstić information content (AvgIpc) is 1.99. The topological polar surface area (TPSA) is 4.36 Å². The molecule has 1 nitrogen and oxygen atoms in total. The van der Waals surface area contributed by atoms with E-state index in [1.165, 1.54) is 0 Å². The highest BCUT2D eigenvalue weighted by molar-refractivity contribution is 5.49. The second-order valence-electron chi connectivity index (χ2n) is 2.51. The molecule has 0 amide bonds. The van der Waals surface area contributed by atoms with Crippen LogP contribution in [0.25, 0.3) is 4.85 Å². The minimum Gasteiger partial charge on any atom is -0.238 e. The molecule has 1 aromatic carbocycles. The third-order valence-electron chi connectivity index (χ3n) is 1.55. The highest BCUT2D eigenvalue weighted by atomic mass is 19.1. The van der Waals surface area contributed by atoms with Gasteiger partial charge in [-0.1, -0.05) is 12.1 Å². The molecule has 0 spiro atoms. The predicted octanol–water partition coefficient (Wildman–Crippen LogP) is 2.99. The molecule has 0 saturated heterocycles. The van der Waals surface area contributed by atoms with Gasteiger partial charge in [0.2, 0.25) is 0 Å². The van der Waals surface area contributed by atoms with E-state index in [-0.39, 0.29) is 5.82 Å². The Kier molecular flexibility index (Phi) is 1.91. The Hall–Kier alpha value is -1.36. The van der Waals surface area contributed by atoms with E-state index < -0.39 is 0 Å². The molecule has 0 aliphatic heterocycles. The first-order valence-electron chi connectivity index (χ1n) is 3.29. The van der Waals surface area contributed by atoms with Gasteiger partial charge in [-0.2, -0.15) is 0 Å². The van der Waals surface area contributed by atoms with E-state index in [4.69, 9.17) is 6.57 Å². The Morgan fingerprint density at radius 1 is 1.27 bits per heavy atom. The van der Waals surface area contributed by atoms with Crippen molar-refractivity contribution >= 4 is 5.69 Å². The second kappa shape index (κ2) is 2.71. The van der Waals surface area contributed by atoms with Gasteiger partial charge >= 0.3 is 0 Å². The molecule has 0 aliphatic carbocycles. The first-order chi connectivity index (χ1) is 5.15. The first-order valence-corrected chi connectivity index (χ1v) is 3.29. The maximum Gasteiger partial charge on any atom is 0.187 e. The Balaban J connectivity index is 3.35. The summed E-state index contributed by atoms with van der Waals surface area (Å²) in [4.78, 5) is 3.22. The van der Waals surface area contributed by atoms with Crippen LogP contribution in [-0.4, -0.2) is 0 Å². The van der Waals surface area contributed by atoms with Crippen molar-refractivity contribution < 1.29 is 4.39 Å². The SMILES string of the molecule is [C-]#[N+]c1cc(C)c(F)c(C)c1. The van der Waals surface area contributed by atoms with Crippen molar-refractivity contribution in [2.75, 3.05) is 0 Å². The highest BCUT2D eigenvalue weighted by Gasteiger charge is 2.02. The van der Waals surface area contributed by atoms with Gasteiger partial charge in [-0.3, -0.25) is 0 Å². The van der Waals surface area contributed by atoms with E-state index >= 15 is 0 Å². The van der Waals surface area contributed by atoms with Gasteiger partial charge in [0.25, 0.3) is 0 Å². The second-order valence-corrected chi connectivity index (χ2v) is 2.51. The molecule has 0 fully saturated rings. The first kappa shape index (κ1) is 7.74. The zero-order valence-electron chi connectivity index (χ0n) is 6.48. The van der Waals surface area contributed by atoms with Gasteiger partial charge in [0.05, 0.1) is 6.57 Å². The molecule has 0 N–H and O–H groups in total. The molecule has 0 heterocycles. The Morgan fingerprint density at radius 3 is 2.09 bits per heavy atom. The highest BCUT2D eigenvalue weighted by Crippen LogP contribution is 2.20. The van der Waals surface area contributed by atoms with Crippen molar-refractivity contribution in [1.29, 1.82) is 0 Å². The molecule has 0 atom stereocenters.